The number of rotatable bonds is 3. The molecule has 0 aliphatic heterocycles. The van der Waals surface area contributed by atoms with Gasteiger partial charge >= 0.3 is 0 Å². The lowest BCUT2D eigenvalue weighted by atomic mass is 9.86. The summed E-state index contributed by atoms with van der Waals surface area (Å²) in [4.78, 5) is 0. The van der Waals surface area contributed by atoms with Crippen molar-refractivity contribution in [2.75, 3.05) is 0 Å². The van der Waals surface area contributed by atoms with E-state index in [1.807, 2.05) is 6.07 Å². The fourth-order valence-corrected chi connectivity index (χ4v) is 2.64. The van der Waals surface area contributed by atoms with Gasteiger partial charge in [-0.05, 0) is 36.5 Å². The zero-order valence-electron chi connectivity index (χ0n) is 10.2. The summed E-state index contributed by atoms with van der Waals surface area (Å²) in [6.07, 6.45) is 5.18. The predicted octanol–water partition coefficient (Wildman–Crippen LogP) is 4.15. The first-order valence-corrected chi connectivity index (χ1v) is 6.72. The van der Waals surface area contributed by atoms with Crippen molar-refractivity contribution in [1.29, 1.82) is 0 Å². The molecule has 17 heavy (non-hydrogen) atoms. The lowest BCUT2D eigenvalue weighted by Gasteiger charge is -2.29. The number of hydrogen-bond donors (Lipinski definition) is 1. The highest BCUT2D eigenvalue weighted by Crippen LogP contribution is 2.24. The summed E-state index contributed by atoms with van der Waals surface area (Å²) < 4.78 is 13.3. The Labute approximate surface area is 107 Å². The van der Waals surface area contributed by atoms with Crippen LogP contribution in [0.25, 0.3) is 0 Å². The molecule has 0 radical (unpaired) electrons. The summed E-state index contributed by atoms with van der Waals surface area (Å²) in [5, 5.41) is 3.72. The van der Waals surface area contributed by atoms with E-state index in [2.05, 4.69) is 12.2 Å². The largest absolute Gasteiger partial charge is 0.310 e. The molecule has 1 aliphatic carbocycles. The third kappa shape index (κ3) is 3.43. The van der Waals surface area contributed by atoms with Crippen molar-refractivity contribution in [3.05, 3.63) is 34.6 Å². The van der Waals surface area contributed by atoms with Crippen molar-refractivity contribution < 1.29 is 4.39 Å². The van der Waals surface area contributed by atoms with Crippen molar-refractivity contribution >= 4 is 11.6 Å². The van der Waals surface area contributed by atoms with E-state index in [4.69, 9.17) is 11.6 Å². The molecular weight excluding hydrogens is 237 g/mol. The number of halogens is 2. The van der Waals surface area contributed by atoms with Crippen LogP contribution in [-0.4, -0.2) is 6.04 Å². The molecule has 1 aromatic carbocycles. The molecule has 2 atom stereocenters. The van der Waals surface area contributed by atoms with Crippen molar-refractivity contribution in [2.45, 2.75) is 45.2 Å². The van der Waals surface area contributed by atoms with Crippen LogP contribution in [0.5, 0.6) is 0 Å². The second-order valence-electron chi connectivity index (χ2n) is 5.00. The molecule has 0 spiro atoms. The first kappa shape index (κ1) is 12.8. The Morgan fingerprint density at radius 1 is 1.35 bits per heavy atom. The van der Waals surface area contributed by atoms with Crippen LogP contribution in [-0.2, 0) is 6.54 Å². The normalized spacial score (nSPS) is 24.9. The van der Waals surface area contributed by atoms with E-state index in [1.54, 1.807) is 6.07 Å². The fraction of sp³-hybridized carbons (Fsp3) is 0.571. The van der Waals surface area contributed by atoms with Gasteiger partial charge in [-0.3, -0.25) is 0 Å². The van der Waals surface area contributed by atoms with Crippen LogP contribution in [0.1, 0.15) is 38.2 Å². The summed E-state index contributed by atoms with van der Waals surface area (Å²) in [7, 11) is 0. The zero-order valence-corrected chi connectivity index (χ0v) is 10.9. The van der Waals surface area contributed by atoms with Crippen LogP contribution in [0.4, 0.5) is 4.39 Å². The van der Waals surface area contributed by atoms with Crippen molar-refractivity contribution in [3.8, 4) is 0 Å². The van der Waals surface area contributed by atoms with Gasteiger partial charge in [-0.15, -0.1) is 0 Å². The Hall–Kier alpha value is -0.600. The van der Waals surface area contributed by atoms with Gasteiger partial charge < -0.3 is 5.32 Å². The van der Waals surface area contributed by atoms with E-state index in [9.17, 15) is 4.39 Å². The van der Waals surface area contributed by atoms with E-state index >= 15 is 0 Å². The fourth-order valence-electron chi connectivity index (χ4n) is 2.52. The van der Waals surface area contributed by atoms with Crippen LogP contribution in [0, 0.1) is 11.7 Å². The minimum absolute atomic E-state index is 0.194. The molecule has 1 N–H and O–H groups in total. The Balaban J connectivity index is 1.90. The molecule has 0 bridgehead atoms. The zero-order chi connectivity index (χ0) is 12.3. The molecular formula is C14H19ClFN. The Kier molecular flexibility index (Phi) is 4.41. The highest BCUT2D eigenvalue weighted by molar-refractivity contribution is 6.30. The Morgan fingerprint density at radius 3 is 2.82 bits per heavy atom. The van der Waals surface area contributed by atoms with E-state index in [1.165, 1.54) is 31.7 Å². The highest BCUT2D eigenvalue weighted by Gasteiger charge is 2.20. The van der Waals surface area contributed by atoms with Crippen molar-refractivity contribution in [2.24, 2.45) is 5.92 Å². The van der Waals surface area contributed by atoms with Gasteiger partial charge in [0.15, 0.2) is 0 Å². The van der Waals surface area contributed by atoms with Crippen LogP contribution in [0.2, 0.25) is 5.02 Å². The Morgan fingerprint density at radius 2 is 2.12 bits per heavy atom. The second-order valence-corrected chi connectivity index (χ2v) is 5.40. The lowest BCUT2D eigenvalue weighted by Crippen LogP contribution is -2.36. The van der Waals surface area contributed by atoms with Crippen molar-refractivity contribution in [3.63, 3.8) is 0 Å². The summed E-state index contributed by atoms with van der Waals surface area (Å²) in [6, 6.07) is 5.59. The SMILES string of the molecule is CC1CCCCC1NCc1ccc(Cl)c(F)c1. The molecule has 1 nitrogen and oxygen atoms in total. The standard InChI is InChI=1S/C14H19ClFN/c1-10-4-2-3-5-14(10)17-9-11-6-7-12(15)13(16)8-11/h6-8,10,14,17H,2-5,9H2,1H3. The maximum atomic E-state index is 13.3. The van der Waals surface area contributed by atoms with Gasteiger partial charge in [-0.1, -0.05) is 37.4 Å². The molecule has 2 rings (SSSR count). The minimum Gasteiger partial charge on any atom is -0.310 e. The minimum atomic E-state index is -0.331. The Bertz CT molecular complexity index is 380. The van der Waals surface area contributed by atoms with Gasteiger partial charge in [0, 0.05) is 12.6 Å². The average molecular weight is 256 g/mol. The lowest BCUT2D eigenvalue weighted by molar-refractivity contribution is 0.279. The van der Waals surface area contributed by atoms with Gasteiger partial charge in [-0.2, -0.15) is 0 Å². The first-order valence-electron chi connectivity index (χ1n) is 6.34. The van der Waals surface area contributed by atoms with Crippen LogP contribution >= 0.6 is 11.6 Å². The molecule has 0 heterocycles. The number of hydrogen-bond acceptors (Lipinski definition) is 1. The van der Waals surface area contributed by atoms with E-state index in [0.717, 1.165) is 18.0 Å². The topological polar surface area (TPSA) is 12.0 Å². The van der Waals surface area contributed by atoms with E-state index in [-0.39, 0.29) is 10.8 Å². The third-order valence-electron chi connectivity index (χ3n) is 3.66. The van der Waals surface area contributed by atoms with Gasteiger partial charge in [0.05, 0.1) is 5.02 Å². The van der Waals surface area contributed by atoms with Gasteiger partial charge in [0.1, 0.15) is 5.82 Å². The maximum absolute atomic E-state index is 13.3. The third-order valence-corrected chi connectivity index (χ3v) is 3.97. The average Bonchev–Trinajstić information content (AvgIpc) is 2.32. The molecule has 3 heteroatoms. The van der Waals surface area contributed by atoms with Crippen molar-refractivity contribution in [1.82, 2.24) is 5.32 Å². The van der Waals surface area contributed by atoms with Gasteiger partial charge in [0.2, 0.25) is 0 Å². The molecule has 0 amide bonds. The molecule has 94 valence electrons. The van der Waals surface area contributed by atoms with Crippen LogP contribution < -0.4 is 5.32 Å². The predicted molar refractivity (Wildman–Crippen MR) is 69.7 cm³/mol. The van der Waals surface area contributed by atoms with Gasteiger partial charge in [0.25, 0.3) is 0 Å². The summed E-state index contributed by atoms with van der Waals surface area (Å²) in [6.45, 7) is 3.02. The van der Waals surface area contributed by atoms with E-state index in [0.29, 0.717) is 6.04 Å². The van der Waals surface area contributed by atoms with Crippen LogP contribution in [0.3, 0.4) is 0 Å². The molecule has 1 fully saturated rings. The van der Waals surface area contributed by atoms with Gasteiger partial charge in [-0.25, -0.2) is 4.39 Å². The summed E-state index contributed by atoms with van der Waals surface area (Å²) in [5.41, 5.74) is 0.963. The molecule has 1 saturated carbocycles. The molecule has 1 aliphatic rings. The monoisotopic (exact) mass is 255 g/mol. The number of benzene rings is 1. The molecule has 0 aromatic heterocycles. The first-order chi connectivity index (χ1) is 8.16. The molecule has 0 saturated heterocycles. The van der Waals surface area contributed by atoms with Crippen LogP contribution in [0.15, 0.2) is 18.2 Å². The molecule has 1 aromatic rings. The summed E-state index contributed by atoms with van der Waals surface area (Å²) >= 11 is 5.66. The quantitative estimate of drug-likeness (QED) is 0.856. The smallest absolute Gasteiger partial charge is 0.142 e. The summed E-state index contributed by atoms with van der Waals surface area (Å²) in [5.74, 6) is 0.392. The van der Waals surface area contributed by atoms with E-state index < -0.39 is 0 Å². The molecule has 2 unspecified atom stereocenters. The highest BCUT2D eigenvalue weighted by atomic mass is 35.5. The number of nitrogens with one attached hydrogen (secondary N) is 1. The second kappa shape index (κ2) is 5.83. The maximum Gasteiger partial charge on any atom is 0.142 e.